The highest BCUT2D eigenvalue weighted by molar-refractivity contribution is 5.95. The molecule has 0 radical (unpaired) electrons. The van der Waals surface area contributed by atoms with Crippen LogP contribution in [0.5, 0.6) is 11.5 Å². The van der Waals surface area contributed by atoms with E-state index in [-0.39, 0.29) is 36.9 Å². The standard InChI is InChI=1S/C20H21N3O5/c24-19(21-9-12-1-2-12)16-8-15(28-22-16)10-23(14-4-5-14)20(25)13-3-6-17-18(7-13)27-11-26-17/h3,6-8,12,14H,1-2,4-5,9-11H2,(H,21,24). The highest BCUT2D eigenvalue weighted by atomic mass is 16.7. The minimum absolute atomic E-state index is 0.100. The molecule has 3 aliphatic rings. The van der Waals surface area contributed by atoms with Crippen LogP contribution in [0.15, 0.2) is 28.8 Å². The third-order valence-corrected chi connectivity index (χ3v) is 5.23. The van der Waals surface area contributed by atoms with Gasteiger partial charge < -0.3 is 24.2 Å². The highest BCUT2D eigenvalue weighted by Crippen LogP contribution is 2.35. The van der Waals surface area contributed by atoms with Crippen molar-refractivity contribution in [1.82, 2.24) is 15.4 Å². The van der Waals surface area contributed by atoms with Crippen LogP contribution in [0.2, 0.25) is 0 Å². The predicted molar refractivity (Wildman–Crippen MR) is 97.0 cm³/mol. The van der Waals surface area contributed by atoms with Gasteiger partial charge in [0.15, 0.2) is 23.0 Å². The molecule has 2 heterocycles. The van der Waals surface area contributed by atoms with Gasteiger partial charge in [0, 0.05) is 24.2 Å². The van der Waals surface area contributed by atoms with Crippen LogP contribution in [0, 0.1) is 5.92 Å². The fourth-order valence-corrected chi connectivity index (χ4v) is 3.26. The third kappa shape index (κ3) is 3.54. The van der Waals surface area contributed by atoms with Gasteiger partial charge in [0.05, 0.1) is 6.54 Å². The van der Waals surface area contributed by atoms with Gasteiger partial charge in [0.2, 0.25) is 6.79 Å². The summed E-state index contributed by atoms with van der Waals surface area (Å²) in [5, 5.41) is 6.73. The molecule has 0 atom stereocenters. The van der Waals surface area contributed by atoms with Crippen LogP contribution >= 0.6 is 0 Å². The van der Waals surface area contributed by atoms with Crippen molar-refractivity contribution in [3.8, 4) is 11.5 Å². The van der Waals surface area contributed by atoms with Crippen molar-refractivity contribution in [2.24, 2.45) is 5.92 Å². The van der Waals surface area contributed by atoms with Crippen molar-refractivity contribution in [1.29, 1.82) is 0 Å². The maximum absolute atomic E-state index is 13.0. The summed E-state index contributed by atoms with van der Waals surface area (Å²) in [6, 6.07) is 6.98. The van der Waals surface area contributed by atoms with E-state index in [1.54, 1.807) is 29.2 Å². The molecule has 146 valence electrons. The Morgan fingerprint density at radius 1 is 1.11 bits per heavy atom. The molecule has 0 unspecified atom stereocenters. The average molecular weight is 383 g/mol. The SMILES string of the molecule is O=C(NCC1CC1)c1cc(CN(C(=O)c2ccc3c(c2)OCO3)C2CC2)on1. The lowest BCUT2D eigenvalue weighted by Gasteiger charge is -2.21. The number of aromatic nitrogens is 1. The average Bonchev–Trinajstić information content (AvgIpc) is 3.63. The van der Waals surface area contributed by atoms with E-state index in [2.05, 4.69) is 10.5 Å². The summed E-state index contributed by atoms with van der Waals surface area (Å²) in [6.07, 6.45) is 4.25. The van der Waals surface area contributed by atoms with Crippen molar-refractivity contribution < 1.29 is 23.6 Å². The van der Waals surface area contributed by atoms with E-state index in [4.69, 9.17) is 14.0 Å². The number of hydrogen-bond acceptors (Lipinski definition) is 6. The quantitative estimate of drug-likeness (QED) is 0.789. The summed E-state index contributed by atoms with van der Waals surface area (Å²) in [7, 11) is 0. The number of nitrogens with zero attached hydrogens (tertiary/aromatic N) is 2. The van der Waals surface area contributed by atoms with Gasteiger partial charge in [-0.25, -0.2) is 0 Å². The molecule has 2 aromatic rings. The lowest BCUT2D eigenvalue weighted by atomic mass is 10.1. The third-order valence-electron chi connectivity index (χ3n) is 5.23. The van der Waals surface area contributed by atoms with E-state index < -0.39 is 0 Å². The van der Waals surface area contributed by atoms with E-state index in [1.807, 2.05) is 0 Å². The first-order valence-corrected chi connectivity index (χ1v) is 9.62. The zero-order chi connectivity index (χ0) is 19.1. The van der Waals surface area contributed by atoms with Crippen molar-refractivity contribution in [2.75, 3.05) is 13.3 Å². The molecule has 1 aromatic carbocycles. The molecule has 1 N–H and O–H groups in total. The number of fused-ring (bicyclic) bond motifs is 1. The second kappa shape index (κ2) is 6.85. The Balaban J connectivity index is 1.28. The fourth-order valence-electron chi connectivity index (χ4n) is 3.26. The van der Waals surface area contributed by atoms with Gasteiger partial charge in [-0.15, -0.1) is 0 Å². The van der Waals surface area contributed by atoms with Crippen LogP contribution in [0.4, 0.5) is 0 Å². The molecular weight excluding hydrogens is 362 g/mol. The summed E-state index contributed by atoms with van der Waals surface area (Å²) >= 11 is 0. The summed E-state index contributed by atoms with van der Waals surface area (Å²) in [5.74, 6) is 1.99. The maximum Gasteiger partial charge on any atom is 0.273 e. The van der Waals surface area contributed by atoms with Gasteiger partial charge >= 0.3 is 0 Å². The number of rotatable bonds is 7. The van der Waals surface area contributed by atoms with Gasteiger partial charge in [-0.05, 0) is 49.8 Å². The number of nitrogens with one attached hydrogen (secondary N) is 1. The van der Waals surface area contributed by atoms with E-state index in [1.165, 1.54) is 12.8 Å². The molecule has 28 heavy (non-hydrogen) atoms. The molecular formula is C20H21N3O5. The zero-order valence-electron chi connectivity index (χ0n) is 15.3. The number of carbonyl (C=O) groups excluding carboxylic acids is 2. The summed E-state index contributed by atoms with van der Waals surface area (Å²) in [5.41, 5.74) is 0.792. The second-order valence-corrected chi connectivity index (χ2v) is 7.56. The first kappa shape index (κ1) is 17.1. The number of amides is 2. The van der Waals surface area contributed by atoms with Crippen LogP contribution in [0.25, 0.3) is 0 Å². The first-order valence-electron chi connectivity index (χ1n) is 9.62. The molecule has 0 saturated heterocycles. The van der Waals surface area contributed by atoms with Crippen molar-refractivity contribution >= 4 is 11.8 Å². The topological polar surface area (TPSA) is 93.9 Å². The highest BCUT2D eigenvalue weighted by Gasteiger charge is 2.34. The number of ether oxygens (including phenoxy) is 2. The zero-order valence-corrected chi connectivity index (χ0v) is 15.3. The lowest BCUT2D eigenvalue weighted by molar-refractivity contribution is 0.0712. The summed E-state index contributed by atoms with van der Waals surface area (Å²) in [4.78, 5) is 27.0. The summed E-state index contributed by atoms with van der Waals surface area (Å²) in [6.45, 7) is 1.13. The monoisotopic (exact) mass is 383 g/mol. The fraction of sp³-hybridized carbons (Fsp3) is 0.450. The molecule has 1 aliphatic heterocycles. The Kier molecular flexibility index (Phi) is 4.18. The van der Waals surface area contributed by atoms with E-state index >= 15 is 0 Å². The van der Waals surface area contributed by atoms with Crippen molar-refractivity contribution in [3.05, 3.63) is 41.3 Å². The number of carbonyl (C=O) groups is 2. The molecule has 0 spiro atoms. The smallest absolute Gasteiger partial charge is 0.273 e. The number of benzene rings is 1. The Bertz CT molecular complexity index is 916. The Hall–Kier alpha value is -3.03. The minimum Gasteiger partial charge on any atom is -0.454 e. The first-order chi connectivity index (χ1) is 13.7. The van der Waals surface area contributed by atoms with Crippen LogP contribution < -0.4 is 14.8 Å². The Labute approximate surface area is 161 Å². The van der Waals surface area contributed by atoms with E-state index in [9.17, 15) is 9.59 Å². The Morgan fingerprint density at radius 3 is 2.71 bits per heavy atom. The van der Waals surface area contributed by atoms with Gasteiger partial charge in [0.25, 0.3) is 11.8 Å². The van der Waals surface area contributed by atoms with Crippen molar-refractivity contribution in [3.63, 3.8) is 0 Å². The molecule has 2 saturated carbocycles. The molecule has 1 aromatic heterocycles. The second-order valence-electron chi connectivity index (χ2n) is 7.56. The van der Waals surface area contributed by atoms with Crippen LogP contribution in [0.1, 0.15) is 52.3 Å². The van der Waals surface area contributed by atoms with E-state index in [0.717, 1.165) is 12.8 Å². The van der Waals surface area contributed by atoms with Gasteiger partial charge in [-0.3, -0.25) is 9.59 Å². The predicted octanol–water partition coefficient (Wildman–Crippen LogP) is 2.35. The van der Waals surface area contributed by atoms with Gasteiger partial charge in [0.1, 0.15) is 0 Å². The molecule has 8 heteroatoms. The van der Waals surface area contributed by atoms with Crippen molar-refractivity contribution in [2.45, 2.75) is 38.3 Å². The molecule has 2 fully saturated rings. The normalized spacial score (nSPS) is 17.4. The summed E-state index contributed by atoms with van der Waals surface area (Å²) < 4.78 is 16.0. The van der Waals surface area contributed by atoms with Crippen LogP contribution in [-0.2, 0) is 6.54 Å². The maximum atomic E-state index is 13.0. The van der Waals surface area contributed by atoms with Crippen LogP contribution in [0.3, 0.4) is 0 Å². The molecule has 2 amide bonds. The Morgan fingerprint density at radius 2 is 1.93 bits per heavy atom. The molecule has 2 aliphatic carbocycles. The molecule has 0 bridgehead atoms. The van der Waals surface area contributed by atoms with Gasteiger partial charge in [-0.1, -0.05) is 5.16 Å². The number of hydrogen-bond donors (Lipinski definition) is 1. The minimum atomic E-state index is -0.234. The molecule has 8 nitrogen and oxygen atoms in total. The van der Waals surface area contributed by atoms with E-state index in [0.29, 0.717) is 35.3 Å². The van der Waals surface area contributed by atoms with Gasteiger partial charge in [-0.2, -0.15) is 0 Å². The molecule has 5 rings (SSSR count). The van der Waals surface area contributed by atoms with Crippen LogP contribution in [-0.4, -0.2) is 41.3 Å². The lowest BCUT2D eigenvalue weighted by Crippen LogP contribution is -2.32. The largest absolute Gasteiger partial charge is 0.454 e.